The van der Waals surface area contributed by atoms with Gasteiger partial charge in [-0.3, -0.25) is 0 Å². The van der Waals surface area contributed by atoms with Crippen LogP contribution in [0.1, 0.15) is 49.7 Å². The van der Waals surface area contributed by atoms with Crippen molar-refractivity contribution in [3.05, 3.63) is 169 Å². The minimum Gasteiger partial charge on any atom is -0.494 e. The first-order valence-corrected chi connectivity index (χ1v) is 21.1. The maximum Gasteiger partial charge on any atom is 0.119 e. The van der Waals surface area contributed by atoms with Crippen LogP contribution >= 0.6 is 15.8 Å². The predicted octanol–water partition coefficient (Wildman–Crippen LogP) is 10.7. The summed E-state index contributed by atoms with van der Waals surface area (Å²) in [7, 11) is -1.27. The summed E-state index contributed by atoms with van der Waals surface area (Å²) < 4.78 is 13.0. The zero-order chi connectivity index (χ0) is 33.8. The second-order valence-electron chi connectivity index (χ2n) is 13.0. The highest BCUT2D eigenvalue weighted by Crippen LogP contribution is 2.46. The van der Waals surface area contributed by atoms with E-state index in [9.17, 15) is 0 Å². The Labute approximate surface area is 301 Å². The zero-order valence-corrected chi connectivity index (χ0v) is 30.6. The van der Waals surface area contributed by atoms with Gasteiger partial charge in [-0.25, -0.2) is 0 Å². The summed E-state index contributed by atoms with van der Waals surface area (Å²) in [5.41, 5.74) is 5.20. The first-order chi connectivity index (χ1) is 24.8. The van der Waals surface area contributed by atoms with Crippen molar-refractivity contribution in [1.82, 2.24) is 0 Å². The summed E-state index contributed by atoms with van der Waals surface area (Å²) in [5, 5.41) is 5.57. The molecule has 2 nitrogen and oxygen atoms in total. The molecule has 0 saturated carbocycles. The largest absolute Gasteiger partial charge is 0.494 e. The van der Waals surface area contributed by atoms with Gasteiger partial charge < -0.3 is 9.47 Å². The van der Waals surface area contributed by atoms with Crippen molar-refractivity contribution < 1.29 is 9.47 Å². The molecular formula is C46H46O2P2. The van der Waals surface area contributed by atoms with Gasteiger partial charge in [0.1, 0.15) is 11.5 Å². The Morgan fingerprint density at radius 1 is 0.360 bits per heavy atom. The van der Waals surface area contributed by atoms with Crippen LogP contribution in [-0.2, 0) is 12.3 Å². The van der Waals surface area contributed by atoms with Crippen LogP contribution in [0.25, 0.3) is 11.1 Å². The molecule has 4 heteroatoms. The number of benzene rings is 6. The number of hydrogen-bond acceptors (Lipinski definition) is 2. The molecule has 1 aliphatic heterocycles. The summed E-state index contributed by atoms with van der Waals surface area (Å²) in [4.78, 5) is 0. The molecule has 50 heavy (non-hydrogen) atoms. The lowest BCUT2D eigenvalue weighted by Crippen LogP contribution is -2.14. The Morgan fingerprint density at radius 2 is 0.680 bits per heavy atom. The van der Waals surface area contributed by atoms with Crippen LogP contribution < -0.4 is 30.7 Å². The van der Waals surface area contributed by atoms with Gasteiger partial charge in [0.15, 0.2) is 0 Å². The van der Waals surface area contributed by atoms with E-state index in [0.29, 0.717) is 0 Å². The lowest BCUT2D eigenvalue weighted by Gasteiger charge is -2.24. The molecule has 1 aliphatic rings. The fourth-order valence-corrected chi connectivity index (χ4v) is 11.5. The van der Waals surface area contributed by atoms with Gasteiger partial charge in [0.25, 0.3) is 0 Å². The van der Waals surface area contributed by atoms with E-state index >= 15 is 0 Å². The number of fused-ring (bicyclic) bond motifs is 5. The molecule has 1 heterocycles. The normalized spacial score (nSPS) is 13.8. The van der Waals surface area contributed by atoms with Crippen molar-refractivity contribution in [2.75, 3.05) is 13.2 Å². The minimum atomic E-state index is -0.635. The van der Waals surface area contributed by atoms with Crippen molar-refractivity contribution in [1.29, 1.82) is 0 Å². The van der Waals surface area contributed by atoms with Gasteiger partial charge in [0.2, 0.25) is 0 Å². The van der Waals surface area contributed by atoms with Crippen LogP contribution in [0.3, 0.4) is 0 Å². The third kappa shape index (κ3) is 8.92. The molecule has 252 valence electrons. The van der Waals surface area contributed by atoms with Crippen LogP contribution in [-0.4, -0.2) is 13.2 Å². The van der Waals surface area contributed by atoms with Gasteiger partial charge in [-0.1, -0.05) is 159 Å². The standard InChI is InChI=1S/C46H46O2P2/c1-2-4-18-32-48-40-30-28-38(36-50(43-23-13-7-14-24-43)44-25-15-8-16-26-44)46(34-40)45-33-39(47-31-17-3-1)29-27-37(45)35-49(41-19-9-5-10-20-41)42-21-11-6-12-22-42/h5-16,19-30,33-34H,1-4,17-18,31-32,35-36H2. The Morgan fingerprint density at radius 3 is 1.02 bits per heavy atom. The average Bonchev–Trinajstić information content (AvgIpc) is 3.18. The van der Waals surface area contributed by atoms with Crippen molar-refractivity contribution in [2.24, 2.45) is 0 Å². The summed E-state index contributed by atoms with van der Waals surface area (Å²) in [6, 6.07) is 58.0. The predicted molar refractivity (Wildman–Crippen MR) is 216 cm³/mol. The van der Waals surface area contributed by atoms with E-state index in [0.717, 1.165) is 49.9 Å². The molecule has 0 saturated heterocycles. The second-order valence-corrected chi connectivity index (χ2v) is 17.4. The topological polar surface area (TPSA) is 18.5 Å². The first-order valence-electron chi connectivity index (χ1n) is 18.1. The Kier molecular flexibility index (Phi) is 12.1. The summed E-state index contributed by atoms with van der Waals surface area (Å²) in [6.07, 6.45) is 8.96. The number of ether oxygens (including phenoxy) is 2. The maximum absolute atomic E-state index is 6.49. The second kappa shape index (κ2) is 17.6. The molecule has 0 radical (unpaired) electrons. The van der Waals surface area contributed by atoms with Gasteiger partial charge in [-0.05, 0) is 96.4 Å². The monoisotopic (exact) mass is 692 g/mol. The van der Waals surface area contributed by atoms with Crippen molar-refractivity contribution in [3.63, 3.8) is 0 Å². The van der Waals surface area contributed by atoms with Gasteiger partial charge in [0, 0.05) is 12.3 Å². The Bertz CT molecular complexity index is 1690. The lowest BCUT2D eigenvalue weighted by atomic mass is 9.96. The zero-order valence-electron chi connectivity index (χ0n) is 28.8. The van der Waals surface area contributed by atoms with Gasteiger partial charge in [-0.15, -0.1) is 0 Å². The highest BCUT2D eigenvalue weighted by atomic mass is 31.1. The average molecular weight is 693 g/mol. The molecule has 0 aromatic heterocycles. The molecule has 0 aliphatic carbocycles. The van der Waals surface area contributed by atoms with E-state index in [1.165, 1.54) is 69.2 Å². The van der Waals surface area contributed by atoms with Gasteiger partial charge in [-0.2, -0.15) is 0 Å². The SMILES string of the molecule is c1ccc(P(Cc2ccc3cc2-c2cc(ccc2CP(c2ccccc2)c2ccccc2)OCCCCCCCCO3)c2ccccc2)cc1. The highest BCUT2D eigenvalue weighted by Gasteiger charge is 2.22. The van der Waals surface area contributed by atoms with E-state index < -0.39 is 15.8 Å². The van der Waals surface area contributed by atoms with Crippen LogP contribution in [0.2, 0.25) is 0 Å². The van der Waals surface area contributed by atoms with E-state index in [4.69, 9.17) is 9.47 Å². The summed E-state index contributed by atoms with van der Waals surface area (Å²) in [6.45, 7) is 1.51. The van der Waals surface area contributed by atoms with E-state index in [1.54, 1.807) is 0 Å². The number of rotatable bonds is 8. The first kappa shape index (κ1) is 34.2. The molecule has 4 bridgehead atoms. The third-order valence-electron chi connectivity index (χ3n) is 9.46. The van der Waals surface area contributed by atoms with Crippen LogP contribution in [0, 0.1) is 0 Å². The van der Waals surface area contributed by atoms with E-state index in [2.05, 4.69) is 158 Å². The van der Waals surface area contributed by atoms with Crippen molar-refractivity contribution >= 4 is 37.1 Å². The summed E-state index contributed by atoms with van der Waals surface area (Å²) >= 11 is 0. The molecule has 7 rings (SSSR count). The van der Waals surface area contributed by atoms with Gasteiger partial charge in [0.05, 0.1) is 13.2 Å². The highest BCUT2D eigenvalue weighted by molar-refractivity contribution is 7.72. The number of hydrogen-bond donors (Lipinski definition) is 0. The molecule has 0 atom stereocenters. The van der Waals surface area contributed by atoms with Gasteiger partial charge >= 0.3 is 0 Å². The van der Waals surface area contributed by atoms with Crippen LogP contribution in [0.5, 0.6) is 11.5 Å². The Hall–Kier alpha value is -4.22. The van der Waals surface area contributed by atoms with E-state index in [-0.39, 0.29) is 0 Å². The molecule has 0 fully saturated rings. The summed E-state index contributed by atoms with van der Waals surface area (Å²) in [5.74, 6) is 1.90. The smallest absolute Gasteiger partial charge is 0.119 e. The molecule has 0 spiro atoms. The van der Waals surface area contributed by atoms with E-state index in [1.807, 2.05) is 0 Å². The maximum atomic E-state index is 6.49. The van der Waals surface area contributed by atoms with Crippen LogP contribution in [0.4, 0.5) is 0 Å². The van der Waals surface area contributed by atoms with Crippen LogP contribution in [0.15, 0.2) is 158 Å². The molecule has 6 aromatic carbocycles. The fourth-order valence-electron chi connectivity index (χ4n) is 6.79. The molecule has 0 amide bonds. The quantitative estimate of drug-likeness (QED) is 0.148. The van der Waals surface area contributed by atoms with Crippen molar-refractivity contribution in [2.45, 2.75) is 50.8 Å². The molecule has 0 N–H and O–H groups in total. The minimum absolute atomic E-state index is 0.635. The molecule has 6 aromatic rings. The van der Waals surface area contributed by atoms with Crippen molar-refractivity contribution in [3.8, 4) is 22.6 Å². The third-order valence-corrected chi connectivity index (χ3v) is 14.5. The molecule has 0 unspecified atom stereocenters. The molecular weight excluding hydrogens is 646 g/mol. The lowest BCUT2D eigenvalue weighted by molar-refractivity contribution is 0.296. The fraction of sp³-hybridized carbons (Fsp3) is 0.217. The Balaban J connectivity index is 1.36.